The van der Waals surface area contributed by atoms with Gasteiger partial charge in [-0.15, -0.1) is 0 Å². The van der Waals surface area contributed by atoms with Gasteiger partial charge in [-0.05, 0) is 31.0 Å². The third-order valence-electron chi connectivity index (χ3n) is 3.66. The van der Waals surface area contributed by atoms with Crippen LogP contribution in [-0.4, -0.2) is 37.6 Å². The summed E-state index contributed by atoms with van der Waals surface area (Å²) in [6.07, 6.45) is 6.27. The average Bonchev–Trinajstić information content (AvgIpc) is 2.81. The number of carbonyl (C=O) groups excluding carboxylic acids is 1. The molecular weight excluding hydrogens is 266 g/mol. The fraction of sp³-hybridized carbons (Fsp3) is 0.471. The van der Waals surface area contributed by atoms with Crippen molar-refractivity contribution in [1.82, 2.24) is 4.90 Å². The van der Waals surface area contributed by atoms with E-state index < -0.39 is 0 Å². The Morgan fingerprint density at radius 1 is 1.24 bits per heavy atom. The third kappa shape index (κ3) is 4.00. The summed E-state index contributed by atoms with van der Waals surface area (Å²) < 4.78 is 10.8. The van der Waals surface area contributed by atoms with Crippen LogP contribution in [0.2, 0.25) is 0 Å². The molecule has 1 aromatic rings. The molecule has 0 N–H and O–H groups in total. The van der Waals surface area contributed by atoms with Gasteiger partial charge >= 0.3 is 0 Å². The third-order valence-corrected chi connectivity index (χ3v) is 3.66. The molecule has 1 aliphatic heterocycles. The number of likely N-dealkylation sites (tertiary alicyclic amines) is 1. The van der Waals surface area contributed by atoms with Crippen molar-refractivity contribution >= 4 is 5.91 Å². The molecule has 4 heteroatoms. The van der Waals surface area contributed by atoms with E-state index in [1.165, 1.54) is 12.8 Å². The molecule has 1 saturated heterocycles. The number of carbonyl (C=O) groups is 1. The molecule has 21 heavy (non-hydrogen) atoms. The fourth-order valence-corrected chi connectivity index (χ4v) is 2.52. The number of nitrogens with zero attached hydrogens (tertiary/aromatic N) is 1. The van der Waals surface area contributed by atoms with Gasteiger partial charge in [-0.25, -0.2) is 0 Å². The highest BCUT2D eigenvalue weighted by Crippen LogP contribution is 2.29. The largest absolute Gasteiger partial charge is 0.493 e. The van der Waals surface area contributed by atoms with E-state index in [1.54, 1.807) is 31.4 Å². The zero-order valence-electron chi connectivity index (χ0n) is 12.6. The molecule has 0 aliphatic carbocycles. The van der Waals surface area contributed by atoms with Gasteiger partial charge < -0.3 is 14.4 Å². The summed E-state index contributed by atoms with van der Waals surface area (Å²) >= 11 is 0. The normalized spacial score (nSPS) is 15.2. The lowest BCUT2D eigenvalue weighted by Gasteiger charge is -2.21. The molecule has 114 valence electrons. The maximum Gasteiger partial charge on any atom is 0.253 e. The van der Waals surface area contributed by atoms with Crippen molar-refractivity contribution in [3.63, 3.8) is 0 Å². The molecular formula is C17H23NO3. The molecule has 0 bridgehead atoms. The van der Waals surface area contributed by atoms with Crippen LogP contribution in [0.4, 0.5) is 0 Å². The number of hydrogen-bond donors (Lipinski definition) is 0. The Kier molecular flexibility index (Phi) is 5.67. The molecule has 0 radical (unpaired) electrons. The number of benzene rings is 1. The molecule has 1 heterocycles. The first-order valence-electron chi connectivity index (χ1n) is 7.47. The molecule has 0 atom stereocenters. The minimum atomic E-state index is 0.0745. The highest BCUT2D eigenvalue weighted by atomic mass is 16.5. The smallest absolute Gasteiger partial charge is 0.253 e. The predicted octanol–water partition coefficient (Wildman–Crippen LogP) is 3.28. The van der Waals surface area contributed by atoms with Crippen molar-refractivity contribution in [2.24, 2.45) is 0 Å². The number of hydrogen-bond acceptors (Lipinski definition) is 3. The number of rotatable bonds is 5. The molecule has 1 amide bonds. The second kappa shape index (κ2) is 7.72. The molecule has 1 aliphatic rings. The van der Waals surface area contributed by atoms with Crippen LogP contribution in [0.1, 0.15) is 36.0 Å². The van der Waals surface area contributed by atoms with Gasteiger partial charge in [0.2, 0.25) is 0 Å². The van der Waals surface area contributed by atoms with E-state index in [-0.39, 0.29) is 5.91 Å². The molecule has 0 aromatic heterocycles. The molecule has 1 aromatic carbocycles. The quantitative estimate of drug-likeness (QED) is 0.781. The van der Waals surface area contributed by atoms with Crippen molar-refractivity contribution < 1.29 is 14.3 Å². The number of methoxy groups -OCH3 is 1. The lowest BCUT2D eigenvalue weighted by Crippen LogP contribution is -2.31. The summed E-state index contributed by atoms with van der Waals surface area (Å²) in [6, 6.07) is 5.34. The van der Waals surface area contributed by atoms with E-state index in [2.05, 4.69) is 6.58 Å². The predicted molar refractivity (Wildman–Crippen MR) is 83.1 cm³/mol. The van der Waals surface area contributed by atoms with E-state index in [0.29, 0.717) is 23.7 Å². The second-order valence-electron chi connectivity index (χ2n) is 5.17. The summed E-state index contributed by atoms with van der Waals surface area (Å²) in [7, 11) is 1.58. The summed E-state index contributed by atoms with van der Waals surface area (Å²) in [5.74, 6) is 1.29. The van der Waals surface area contributed by atoms with Crippen molar-refractivity contribution in [2.75, 3.05) is 26.8 Å². The standard InChI is InChI=1S/C17H23NO3/c1-3-12-21-15-9-8-14(13-16(15)20-2)17(19)18-10-6-4-5-7-11-18/h3,8-9,13H,1,4-7,10-12H2,2H3. The molecule has 1 fully saturated rings. The maximum atomic E-state index is 12.6. The zero-order chi connectivity index (χ0) is 15.1. The first-order valence-corrected chi connectivity index (χ1v) is 7.47. The van der Waals surface area contributed by atoms with Crippen LogP contribution in [0, 0.1) is 0 Å². The molecule has 4 nitrogen and oxygen atoms in total. The van der Waals surface area contributed by atoms with Gasteiger partial charge in [0, 0.05) is 18.7 Å². The minimum Gasteiger partial charge on any atom is -0.493 e. The molecule has 0 unspecified atom stereocenters. The summed E-state index contributed by atoms with van der Waals surface area (Å²) in [4.78, 5) is 14.5. The van der Waals surface area contributed by atoms with Crippen LogP contribution in [0.3, 0.4) is 0 Å². The average molecular weight is 289 g/mol. The molecule has 0 saturated carbocycles. The van der Waals surface area contributed by atoms with E-state index in [0.717, 1.165) is 25.9 Å². The zero-order valence-corrected chi connectivity index (χ0v) is 12.6. The van der Waals surface area contributed by atoms with Crippen molar-refractivity contribution in [1.29, 1.82) is 0 Å². The van der Waals surface area contributed by atoms with Crippen molar-refractivity contribution in [3.05, 3.63) is 36.4 Å². The van der Waals surface area contributed by atoms with Gasteiger partial charge in [-0.2, -0.15) is 0 Å². The Morgan fingerprint density at radius 3 is 2.57 bits per heavy atom. The van der Waals surface area contributed by atoms with Crippen molar-refractivity contribution in [3.8, 4) is 11.5 Å². The van der Waals surface area contributed by atoms with Gasteiger partial charge in [-0.3, -0.25) is 4.79 Å². The van der Waals surface area contributed by atoms with Crippen LogP contribution < -0.4 is 9.47 Å². The van der Waals surface area contributed by atoms with Crippen molar-refractivity contribution in [2.45, 2.75) is 25.7 Å². The van der Waals surface area contributed by atoms with Gasteiger partial charge in [0.15, 0.2) is 11.5 Å². The highest BCUT2D eigenvalue weighted by molar-refractivity contribution is 5.95. The number of amides is 1. The van der Waals surface area contributed by atoms with Gasteiger partial charge in [0.05, 0.1) is 7.11 Å². The van der Waals surface area contributed by atoms with Crippen LogP contribution >= 0.6 is 0 Å². The van der Waals surface area contributed by atoms with Crippen LogP contribution in [0.25, 0.3) is 0 Å². The Labute approximate surface area is 126 Å². The van der Waals surface area contributed by atoms with Gasteiger partial charge in [0.25, 0.3) is 5.91 Å². The van der Waals surface area contributed by atoms with E-state index in [1.807, 2.05) is 4.90 Å². The Balaban J connectivity index is 2.14. The van der Waals surface area contributed by atoms with Gasteiger partial charge in [0.1, 0.15) is 6.61 Å². The molecule has 2 rings (SSSR count). The molecule has 0 spiro atoms. The van der Waals surface area contributed by atoms with E-state index >= 15 is 0 Å². The Bertz CT molecular complexity index is 491. The van der Waals surface area contributed by atoms with E-state index in [4.69, 9.17) is 9.47 Å². The monoisotopic (exact) mass is 289 g/mol. The second-order valence-corrected chi connectivity index (χ2v) is 5.17. The first kappa shape index (κ1) is 15.4. The van der Waals surface area contributed by atoms with Crippen LogP contribution in [0.15, 0.2) is 30.9 Å². The summed E-state index contributed by atoms with van der Waals surface area (Å²) in [6.45, 7) is 5.72. The maximum absolute atomic E-state index is 12.6. The Morgan fingerprint density at radius 2 is 1.95 bits per heavy atom. The summed E-state index contributed by atoms with van der Waals surface area (Å²) in [5.41, 5.74) is 0.653. The van der Waals surface area contributed by atoms with Crippen LogP contribution in [0.5, 0.6) is 11.5 Å². The first-order chi connectivity index (χ1) is 10.3. The van der Waals surface area contributed by atoms with Crippen LogP contribution in [-0.2, 0) is 0 Å². The Hall–Kier alpha value is -1.97. The lowest BCUT2D eigenvalue weighted by atomic mass is 10.1. The lowest BCUT2D eigenvalue weighted by molar-refractivity contribution is 0.0761. The fourth-order valence-electron chi connectivity index (χ4n) is 2.52. The summed E-state index contributed by atoms with van der Waals surface area (Å²) in [5, 5.41) is 0. The minimum absolute atomic E-state index is 0.0745. The topological polar surface area (TPSA) is 38.8 Å². The number of ether oxygens (including phenoxy) is 2. The highest BCUT2D eigenvalue weighted by Gasteiger charge is 2.18. The van der Waals surface area contributed by atoms with Gasteiger partial charge in [-0.1, -0.05) is 25.5 Å². The van der Waals surface area contributed by atoms with E-state index in [9.17, 15) is 4.79 Å². The SMILES string of the molecule is C=CCOc1ccc(C(=O)N2CCCCCC2)cc1OC.